The maximum absolute atomic E-state index is 10.2. The summed E-state index contributed by atoms with van der Waals surface area (Å²) in [5.74, 6) is 1.29. The third-order valence-corrected chi connectivity index (χ3v) is 2.38. The number of allylic oxidation sites excluding steroid dienone is 2. The van der Waals surface area contributed by atoms with Crippen LogP contribution in [0.2, 0.25) is 0 Å². The van der Waals surface area contributed by atoms with E-state index in [1.54, 1.807) is 0 Å². The largest absolute Gasteiger partial charge is 0.303 e. The van der Waals surface area contributed by atoms with Gasteiger partial charge in [0.2, 0.25) is 0 Å². The van der Waals surface area contributed by atoms with Crippen LogP contribution in [0.5, 0.6) is 0 Å². The van der Waals surface area contributed by atoms with Gasteiger partial charge in [0.1, 0.15) is 6.29 Å². The fraction of sp³-hybridized carbons (Fsp3) is 0.769. The van der Waals surface area contributed by atoms with E-state index in [2.05, 4.69) is 33.8 Å². The molecular weight excluding hydrogens is 172 g/mol. The molecular formula is C13H24O. The molecule has 0 heterocycles. The molecule has 0 aromatic heterocycles. The second-order valence-electron chi connectivity index (χ2n) is 4.73. The van der Waals surface area contributed by atoms with Crippen molar-refractivity contribution in [2.24, 2.45) is 11.8 Å². The van der Waals surface area contributed by atoms with Crippen LogP contribution in [0.15, 0.2) is 11.6 Å². The number of rotatable bonds is 7. The van der Waals surface area contributed by atoms with Gasteiger partial charge in [0.15, 0.2) is 0 Å². The summed E-state index contributed by atoms with van der Waals surface area (Å²) in [5, 5.41) is 0. The Labute approximate surface area is 88.6 Å². The predicted molar refractivity (Wildman–Crippen MR) is 62.3 cm³/mol. The number of hydrogen-bond acceptors (Lipinski definition) is 1. The molecule has 0 fully saturated rings. The highest BCUT2D eigenvalue weighted by molar-refractivity contribution is 5.49. The molecule has 0 aliphatic carbocycles. The highest BCUT2D eigenvalue weighted by Crippen LogP contribution is 2.14. The molecule has 0 saturated carbocycles. The maximum Gasteiger partial charge on any atom is 0.120 e. The molecule has 0 radical (unpaired) electrons. The van der Waals surface area contributed by atoms with Gasteiger partial charge in [0.25, 0.3) is 0 Å². The van der Waals surface area contributed by atoms with Crippen molar-refractivity contribution in [3.8, 4) is 0 Å². The quantitative estimate of drug-likeness (QED) is 0.444. The van der Waals surface area contributed by atoms with Crippen molar-refractivity contribution >= 4 is 6.29 Å². The Morgan fingerprint density at radius 1 is 1.29 bits per heavy atom. The Kier molecular flexibility index (Phi) is 7.45. The van der Waals surface area contributed by atoms with E-state index in [1.165, 1.54) is 12.0 Å². The molecule has 0 amide bonds. The Morgan fingerprint density at radius 3 is 2.43 bits per heavy atom. The van der Waals surface area contributed by atoms with Crippen LogP contribution in [-0.4, -0.2) is 6.29 Å². The standard InChI is InChI=1S/C13H24O/c1-11(2)10-13(4)7-5-6-12(3)8-9-14/h7,9,11-12H,5-6,8,10H2,1-4H3/b13-7-. The first-order valence-corrected chi connectivity index (χ1v) is 5.65. The zero-order valence-corrected chi connectivity index (χ0v) is 10.0. The maximum atomic E-state index is 10.2. The fourth-order valence-corrected chi connectivity index (χ4v) is 1.62. The third kappa shape index (κ3) is 8.03. The minimum Gasteiger partial charge on any atom is -0.303 e. The van der Waals surface area contributed by atoms with Crippen LogP contribution >= 0.6 is 0 Å². The lowest BCUT2D eigenvalue weighted by molar-refractivity contribution is -0.108. The van der Waals surface area contributed by atoms with E-state index < -0.39 is 0 Å². The number of aldehydes is 1. The number of carbonyl (C=O) groups is 1. The Bertz CT molecular complexity index is 180. The van der Waals surface area contributed by atoms with Gasteiger partial charge < -0.3 is 4.79 Å². The molecule has 0 rings (SSSR count). The summed E-state index contributed by atoms with van der Waals surface area (Å²) in [7, 11) is 0. The van der Waals surface area contributed by atoms with Gasteiger partial charge >= 0.3 is 0 Å². The molecule has 0 bridgehead atoms. The summed E-state index contributed by atoms with van der Waals surface area (Å²) < 4.78 is 0. The van der Waals surface area contributed by atoms with E-state index in [9.17, 15) is 4.79 Å². The summed E-state index contributed by atoms with van der Waals surface area (Å²) in [6.45, 7) is 8.82. The topological polar surface area (TPSA) is 17.1 Å². The van der Waals surface area contributed by atoms with E-state index in [0.717, 1.165) is 25.0 Å². The summed E-state index contributed by atoms with van der Waals surface area (Å²) in [6.07, 6.45) is 7.50. The van der Waals surface area contributed by atoms with Crippen LogP contribution in [-0.2, 0) is 4.79 Å². The monoisotopic (exact) mass is 196 g/mol. The molecule has 14 heavy (non-hydrogen) atoms. The SMILES string of the molecule is C/C(=C/CCC(C)CC=O)CC(C)C. The molecule has 0 saturated heterocycles. The molecule has 1 atom stereocenters. The normalized spacial score (nSPS) is 14.5. The van der Waals surface area contributed by atoms with Crippen molar-refractivity contribution in [3.63, 3.8) is 0 Å². The summed E-state index contributed by atoms with van der Waals surface area (Å²) in [4.78, 5) is 10.2. The summed E-state index contributed by atoms with van der Waals surface area (Å²) in [6, 6.07) is 0. The van der Waals surface area contributed by atoms with Crippen molar-refractivity contribution in [3.05, 3.63) is 11.6 Å². The second kappa shape index (κ2) is 7.78. The van der Waals surface area contributed by atoms with E-state index in [1.807, 2.05) is 0 Å². The first-order valence-electron chi connectivity index (χ1n) is 5.65. The van der Waals surface area contributed by atoms with Crippen LogP contribution in [0.1, 0.15) is 53.4 Å². The number of hydrogen-bond donors (Lipinski definition) is 0. The third-order valence-electron chi connectivity index (χ3n) is 2.38. The van der Waals surface area contributed by atoms with Crippen LogP contribution in [0, 0.1) is 11.8 Å². The van der Waals surface area contributed by atoms with E-state index in [-0.39, 0.29) is 0 Å². The average molecular weight is 196 g/mol. The Hall–Kier alpha value is -0.590. The summed E-state index contributed by atoms with van der Waals surface area (Å²) >= 11 is 0. The highest BCUT2D eigenvalue weighted by atomic mass is 16.1. The molecule has 0 aliphatic rings. The predicted octanol–water partition coefficient (Wildman–Crippen LogP) is 3.98. The first-order chi connectivity index (χ1) is 6.56. The van der Waals surface area contributed by atoms with Crippen molar-refractivity contribution in [2.75, 3.05) is 0 Å². The molecule has 1 unspecified atom stereocenters. The van der Waals surface area contributed by atoms with Crippen LogP contribution < -0.4 is 0 Å². The molecule has 0 spiro atoms. The van der Waals surface area contributed by atoms with Crippen molar-refractivity contribution in [2.45, 2.75) is 53.4 Å². The van der Waals surface area contributed by atoms with Gasteiger partial charge in [0, 0.05) is 6.42 Å². The van der Waals surface area contributed by atoms with Gasteiger partial charge in [-0.1, -0.05) is 32.4 Å². The average Bonchev–Trinajstić information content (AvgIpc) is 2.02. The van der Waals surface area contributed by atoms with E-state index in [4.69, 9.17) is 0 Å². The lowest BCUT2D eigenvalue weighted by Crippen LogP contribution is -1.94. The minimum atomic E-state index is 0.538. The Morgan fingerprint density at radius 2 is 1.93 bits per heavy atom. The van der Waals surface area contributed by atoms with E-state index >= 15 is 0 Å². The smallest absolute Gasteiger partial charge is 0.120 e. The zero-order chi connectivity index (χ0) is 11.0. The van der Waals surface area contributed by atoms with Crippen molar-refractivity contribution in [1.82, 2.24) is 0 Å². The van der Waals surface area contributed by atoms with Gasteiger partial charge in [-0.25, -0.2) is 0 Å². The van der Waals surface area contributed by atoms with Gasteiger partial charge in [-0.15, -0.1) is 0 Å². The van der Waals surface area contributed by atoms with Crippen LogP contribution in [0.25, 0.3) is 0 Å². The molecule has 0 aromatic rings. The van der Waals surface area contributed by atoms with Gasteiger partial charge in [-0.2, -0.15) is 0 Å². The van der Waals surface area contributed by atoms with E-state index in [0.29, 0.717) is 12.3 Å². The lowest BCUT2D eigenvalue weighted by atomic mass is 9.99. The zero-order valence-electron chi connectivity index (χ0n) is 10.0. The molecule has 0 N–H and O–H groups in total. The molecule has 0 aliphatic heterocycles. The van der Waals surface area contributed by atoms with Gasteiger partial charge in [-0.05, 0) is 38.0 Å². The lowest BCUT2D eigenvalue weighted by Gasteiger charge is -2.07. The summed E-state index contributed by atoms with van der Waals surface area (Å²) in [5.41, 5.74) is 1.48. The van der Waals surface area contributed by atoms with Crippen molar-refractivity contribution < 1.29 is 4.79 Å². The van der Waals surface area contributed by atoms with Gasteiger partial charge in [0.05, 0.1) is 0 Å². The second-order valence-corrected chi connectivity index (χ2v) is 4.73. The number of carbonyl (C=O) groups excluding carboxylic acids is 1. The fourth-order valence-electron chi connectivity index (χ4n) is 1.62. The molecule has 82 valence electrons. The molecule has 0 aromatic carbocycles. The molecule has 1 heteroatoms. The van der Waals surface area contributed by atoms with Crippen LogP contribution in [0.3, 0.4) is 0 Å². The first kappa shape index (κ1) is 13.4. The van der Waals surface area contributed by atoms with Gasteiger partial charge in [-0.3, -0.25) is 0 Å². The Balaban J connectivity index is 3.64. The highest BCUT2D eigenvalue weighted by Gasteiger charge is 2.00. The minimum absolute atomic E-state index is 0.538. The van der Waals surface area contributed by atoms with Crippen LogP contribution in [0.4, 0.5) is 0 Å². The van der Waals surface area contributed by atoms with Crippen molar-refractivity contribution in [1.29, 1.82) is 0 Å². The molecule has 1 nitrogen and oxygen atoms in total.